The first-order chi connectivity index (χ1) is 11.5. The molecule has 2 rings (SSSR count). The number of rotatable bonds is 7. The molecule has 6 heteroatoms. The summed E-state index contributed by atoms with van der Waals surface area (Å²) in [6, 6.07) is 5.87. The van der Waals surface area contributed by atoms with Crippen molar-refractivity contribution >= 4 is 6.03 Å². The molecular weight excluding hydrogens is 306 g/mol. The van der Waals surface area contributed by atoms with Gasteiger partial charge in [-0.3, -0.25) is 0 Å². The number of carbonyl (C=O) groups excluding carboxylic acids is 1. The Morgan fingerprint density at radius 1 is 1.33 bits per heavy atom. The average Bonchev–Trinajstić information content (AvgIpc) is 3.07. The predicted octanol–water partition coefficient (Wildman–Crippen LogP) is 2.15. The van der Waals surface area contributed by atoms with Gasteiger partial charge in [-0.05, 0) is 51.7 Å². The van der Waals surface area contributed by atoms with Crippen molar-refractivity contribution in [3.63, 3.8) is 0 Å². The number of hydrogen-bond acceptors (Lipinski definition) is 4. The second-order valence-electron chi connectivity index (χ2n) is 6.43. The lowest BCUT2D eigenvalue weighted by atomic mass is 9.97. The maximum absolute atomic E-state index is 12.3. The van der Waals surface area contributed by atoms with Gasteiger partial charge in [0.1, 0.15) is 11.5 Å². The van der Waals surface area contributed by atoms with E-state index < -0.39 is 0 Å². The summed E-state index contributed by atoms with van der Waals surface area (Å²) in [5.41, 5.74) is 1.11. The maximum atomic E-state index is 12.3. The minimum Gasteiger partial charge on any atom is -0.497 e. The first kappa shape index (κ1) is 18.4. The van der Waals surface area contributed by atoms with Crippen LogP contribution in [0.4, 0.5) is 4.79 Å². The molecule has 0 unspecified atom stereocenters. The lowest BCUT2D eigenvalue weighted by Gasteiger charge is -2.19. The van der Waals surface area contributed by atoms with E-state index in [4.69, 9.17) is 9.47 Å². The number of ether oxygens (including phenoxy) is 2. The third kappa shape index (κ3) is 4.77. The Bertz CT molecular complexity index is 548. The quantitative estimate of drug-likeness (QED) is 0.776. The highest BCUT2D eigenvalue weighted by molar-refractivity contribution is 5.74. The molecule has 6 nitrogen and oxygen atoms in total. The molecule has 1 aliphatic rings. The molecule has 1 fully saturated rings. The number of nitrogens with one attached hydrogen (secondary N) is 1. The van der Waals surface area contributed by atoms with E-state index in [-0.39, 0.29) is 11.9 Å². The van der Waals surface area contributed by atoms with Crippen molar-refractivity contribution in [3.05, 3.63) is 23.8 Å². The number of carbonyl (C=O) groups is 1. The molecule has 1 saturated heterocycles. The monoisotopic (exact) mass is 335 g/mol. The fourth-order valence-corrected chi connectivity index (χ4v) is 3.06. The van der Waals surface area contributed by atoms with Crippen molar-refractivity contribution in [1.29, 1.82) is 0 Å². The lowest BCUT2D eigenvalue weighted by Crippen LogP contribution is -2.39. The molecule has 24 heavy (non-hydrogen) atoms. The molecule has 0 aromatic heterocycles. The van der Waals surface area contributed by atoms with Crippen molar-refractivity contribution in [1.82, 2.24) is 15.1 Å². The highest BCUT2D eigenvalue weighted by atomic mass is 16.5. The molecule has 0 spiro atoms. The van der Waals surface area contributed by atoms with E-state index in [9.17, 15) is 4.79 Å². The van der Waals surface area contributed by atoms with Gasteiger partial charge >= 0.3 is 6.03 Å². The third-order valence-corrected chi connectivity index (χ3v) is 4.41. The lowest BCUT2D eigenvalue weighted by molar-refractivity contribution is 0.207. The summed E-state index contributed by atoms with van der Waals surface area (Å²) in [4.78, 5) is 16.3. The molecule has 1 aromatic carbocycles. The Morgan fingerprint density at radius 2 is 2.12 bits per heavy atom. The summed E-state index contributed by atoms with van der Waals surface area (Å²) in [5.74, 6) is 1.95. The van der Waals surface area contributed by atoms with E-state index in [1.807, 2.05) is 37.2 Å². The minimum absolute atomic E-state index is 0.0260. The van der Waals surface area contributed by atoms with Crippen molar-refractivity contribution in [2.24, 2.45) is 0 Å². The standard InChI is InChI=1S/C18H29N3O3/c1-20(2)10-5-9-19-18(22)21-11-8-14(13-21)16-12-15(23-3)6-7-17(16)24-4/h6-7,12,14H,5,8-11,13H2,1-4H3,(H,19,22)/t14-/m1/s1. The number of methoxy groups -OCH3 is 2. The molecule has 1 aliphatic heterocycles. The second kappa shape index (κ2) is 8.78. The van der Waals surface area contributed by atoms with Crippen LogP contribution in [0.1, 0.15) is 24.3 Å². The van der Waals surface area contributed by atoms with E-state index in [2.05, 4.69) is 10.2 Å². The summed E-state index contributed by atoms with van der Waals surface area (Å²) in [6.45, 7) is 3.16. The Morgan fingerprint density at radius 3 is 2.79 bits per heavy atom. The molecule has 0 bridgehead atoms. The van der Waals surface area contributed by atoms with E-state index in [1.165, 1.54) is 0 Å². The summed E-state index contributed by atoms with van der Waals surface area (Å²) in [5, 5.41) is 3.01. The van der Waals surface area contributed by atoms with Gasteiger partial charge in [-0.15, -0.1) is 0 Å². The third-order valence-electron chi connectivity index (χ3n) is 4.41. The van der Waals surface area contributed by atoms with Crippen LogP contribution < -0.4 is 14.8 Å². The van der Waals surface area contributed by atoms with Gasteiger partial charge in [-0.25, -0.2) is 4.79 Å². The summed E-state index contributed by atoms with van der Waals surface area (Å²) in [7, 11) is 7.41. The highest BCUT2D eigenvalue weighted by Crippen LogP contribution is 2.35. The van der Waals surface area contributed by atoms with Gasteiger partial charge in [0, 0.05) is 31.1 Å². The first-order valence-electron chi connectivity index (χ1n) is 8.44. The second-order valence-corrected chi connectivity index (χ2v) is 6.43. The number of nitrogens with zero attached hydrogens (tertiary/aromatic N) is 2. The van der Waals surface area contributed by atoms with Crippen LogP contribution >= 0.6 is 0 Å². The normalized spacial score (nSPS) is 17.2. The van der Waals surface area contributed by atoms with Crippen molar-refractivity contribution < 1.29 is 14.3 Å². The maximum Gasteiger partial charge on any atom is 0.317 e. The summed E-state index contributed by atoms with van der Waals surface area (Å²) in [6.07, 6.45) is 1.90. The minimum atomic E-state index is 0.0260. The Balaban J connectivity index is 1.91. The Hall–Kier alpha value is -1.95. The van der Waals surface area contributed by atoms with Crippen LogP contribution in [-0.2, 0) is 0 Å². The molecule has 134 valence electrons. The van der Waals surface area contributed by atoms with E-state index in [0.29, 0.717) is 13.1 Å². The van der Waals surface area contributed by atoms with Crippen molar-refractivity contribution in [3.8, 4) is 11.5 Å². The Kier molecular flexibility index (Phi) is 6.73. The predicted molar refractivity (Wildman–Crippen MR) is 95.0 cm³/mol. The zero-order valence-electron chi connectivity index (χ0n) is 15.2. The van der Waals surface area contributed by atoms with Crippen LogP contribution in [0.2, 0.25) is 0 Å². The fraction of sp³-hybridized carbons (Fsp3) is 0.611. The molecule has 1 N–H and O–H groups in total. The van der Waals surface area contributed by atoms with Crippen molar-refractivity contribution in [2.75, 3.05) is 54.5 Å². The van der Waals surface area contributed by atoms with Gasteiger partial charge in [0.05, 0.1) is 14.2 Å². The molecule has 1 atom stereocenters. The van der Waals surface area contributed by atoms with E-state index in [0.717, 1.165) is 43.0 Å². The van der Waals surface area contributed by atoms with Crippen LogP contribution in [0.15, 0.2) is 18.2 Å². The van der Waals surface area contributed by atoms with Crippen LogP contribution in [0.5, 0.6) is 11.5 Å². The Labute approximate surface area is 144 Å². The number of urea groups is 1. The van der Waals surface area contributed by atoms with Crippen LogP contribution in [0.25, 0.3) is 0 Å². The molecule has 0 saturated carbocycles. The molecule has 1 aromatic rings. The first-order valence-corrected chi connectivity index (χ1v) is 8.44. The van der Waals surface area contributed by atoms with Crippen LogP contribution in [-0.4, -0.2) is 70.3 Å². The van der Waals surface area contributed by atoms with Crippen LogP contribution in [0, 0.1) is 0 Å². The zero-order valence-corrected chi connectivity index (χ0v) is 15.2. The van der Waals surface area contributed by atoms with Crippen LogP contribution in [0.3, 0.4) is 0 Å². The number of amides is 2. The molecule has 0 aliphatic carbocycles. The van der Waals surface area contributed by atoms with E-state index >= 15 is 0 Å². The van der Waals surface area contributed by atoms with Gasteiger partial charge in [0.2, 0.25) is 0 Å². The fourth-order valence-electron chi connectivity index (χ4n) is 3.06. The van der Waals surface area contributed by atoms with Gasteiger partial charge < -0.3 is 24.6 Å². The SMILES string of the molecule is COc1ccc(OC)c([C@@H]2CCN(C(=O)NCCCN(C)C)C2)c1. The molecule has 1 heterocycles. The average molecular weight is 335 g/mol. The number of hydrogen-bond donors (Lipinski definition) is 1. The summed E-state index contributed by atoms with van der Waals surface area (Å²) < 4.78 is 10.8. The smallest absolute Gasteiger partial charge is 0.317 e. The van der Waals surface area contributed by atoms with Gasteiger partial charge in [-0.1, -0.05) is 0 Å². The summed E-state index contributed by atoms with van der Waals surface area (Å²) >= 11 is 0. The molecular formula is C18H29N3O3. The molecule has 0 radical (unpaired) electrons. The van der Waals surface area contributed by atoms with Gasteiger partial charge in [0.25, 0.3) is 0 Å². The van der Waals surface area contributed by atoms with Crippen molar-refractivity contribution in [2.45, 2.75) is 18.8 Å². The number of benzene rings is 1. The molecule has 2 amide bonds. The van der Waals surface area contributed by atoms with Gasteiger partial charge in [0.15, 0.2) is 0 Å². The largest absolute Gasteiger partial charge is 0.497 e. The zero-order chi connectivity index (χ0) is 17.5. The topological polar surface area (TPSA) is 54.0 Å². The van der Waals surface area contributed by atoms with E-state index in [1.54, 1.807) is 14.2 Å². The highest BCUT2D eigenvalue weighted by Gasteiger charge is 2.29. The van der Waals surface area contributed by atoms with Gasteiger partial charge in [-0.2, -0.15) is 0 Å². The number of likely N-dealkylation sites (tertiary alicyclic amines) is 1.